The summed E-state index contributed by atoms with van der Waals surface area (Å²) in [5.41, 5.74) is 1.76. The van der Waals surface area contributed by atoms with E-state index in [1.165, 1.54) is 26.8 Å². The number of thiophene rings is 1. The molecular weight excluding hydrogens is 456 g/mol. The highest BCUT2D eigenvalue weighted by atomic mass is 32.1. The fourth-order valence-electron chi connectivity index (χ4n) is 4.00. The van der Waals surface area contributed by atoms with E-state index in [2.05, 4.69) is 15.2 Å². The Morgan fingerprint density at radius 3 is 2.79 bits per heavy atom. The number of aromatic nitrogens is 4. The van der Waals surface area contributed by atoms with Crippen molar-refractivity contribution in [2.45, 2.75) is 25.6 Å². The van der Waals surface area contributed by atoms with E-state index in [1.807, 2.05) is 41.8 Å². The number of methoxy groups -OCH3 is 1. The number of fused-ring (bicyclic) bond motifs is 1. The number of carbonyl (C=O) groups is 1. The Labute approximate surface area is 198 Å². The molecule has 1 atom stereocenters. The molecule has 11 heteroatoms. The van der Waals surface area contributed by atoms with E-state index >= 15 is 0 Å². The van der Waals surface area contributed by atoms with E-state index in [0.29, 0.717) is 17.5 Å². The smallest absolute Gasteiger partial charge is 0.264 e. The van der Waals surface area contributed by atoms with Crippen molar-refractivity contribution in [1.29, 1.82) is 0 Å². The predicted molar refractivity (Wildman–Crippen MR) is 127 cm³/mol. The lowest BCUT2D eigenvalue weighted by Gasteiger charge is -2.22. The molecule has 0 radical (unpaired) electrons. The minimum atomic E-state index is -0.370. The van der Waals surface area contributed by atoms with Gasteiger partial charge in [0.15, 0.2) is 5.65 Å². The zero-order valence-electron chi connectivity index (χ0n) is 18.4. The Bertz CT molecular complexity index is 1410. The van der Waals surface area contributed by atoms with Crippen molar-refractivity contribution >= 4 is 34.0 Å². The molecule has 1 amide bonds. The standard InChI is InChI=1S/C23H22N6O4S/c1-33-16-6-4-15(5-7-16)19-11-18(20-3-2-10-34-20)26-29(19)21(31)13-27-14-24-22-17(23(27)32)12-25-28(22)8-9-30/h2-7,10,12,14,19,30H,8-9,11,13H2,1H3. The number of hydrogen-bond acceptors (Lipinski definition) is 8. The van der Waals surface area contributed by atoms with E-state index in [0.717, 1.165) is 21.9 Å². The van der Waals surface area contributed by atoms with Crippen LogP contribution in [0.4, 0.5) is 0 Å². The summed E-state index contributed by atoms with van der Waals surface area (Å²) in [5.74, 6) is 0.407. The monoisotopic (exact) mass is 478 g/mol. The molecule has 10 nitrogen and oxygen atoms in total. The van der Waals surface area contributed by atoms with Crippen molar-refractivity contribution in [2.75, 3.05) is 13.7 Å². The Hall–Kier alpha value is -3.83. The van der Waals surface area contributed by atoms with Gasteiger partial charge >= 0.3 is 0 Å². The summed E-state index contributed by atoms with van der Waals surface area (Å²) >= 11 is 1.57. The summed E-state index contributed by atoms with van der Waals surface area (Å²) in [6.45, 7) is -0.0937. The van der Waals surface area contributed by atoms with Crippen LogP contribution in [0.25, 0.3) is 11.0 Å². The van der Waals surface area contributed by atoms with Crippen LogP contribution in [-0.2, 0) is 17.9 Å². The van der Waals surface area contributed by atoms with Crippen molar-refractivity contribution in [2.24, 2.45) is 5.10 Å². The maximum Gasteiger partial charge on any atom is 0.264 e. The van der Waals surface area contributed by atoms with Gasteiger partial charge < -0.3 is 9.84 Å². The molecule has 1 aliphatic rings. The van der Waals surface area contributed by atoms with Crippen LogP contribution in [-0.4, -0.2) is 54.8 Å². The van der Waals surface area contributed by atoms with Crippen LogP contribution in [0.3, 0.4) is 0 Å². The quantitative estimate of drug-likeness (QED) is 0.435. The van der Waals surface area contributed by atoms with Gasteiger partial charge in [0.05, 0.1) is 43.1 Å². The topological polar surface area (TPSA) is 115 Å². The van der Waals surface area contributed by atoms with Crippen molar-refractivity contribution in [3.05, 3.63) is 75.1 Å². The molecule has 0 fully saturated rings. The molecule has 1 aliphatic heterocycles. The predicted octanol–water partition coefficient (Wildman–Crippen LogP) is 2.03. The van der Waals surface area contributed by atoms with Gasteiger partial charge in [0.2, 0.25) is 0 Å². The fraction of sp³-hybridized carbons (Fsp3) is 0.261. The minimum Gasteiger partial charge on any atom is -0.497 e. The SMILES string of the molecule is COc1ccc(C2CC(c3cccs3)=NN2C(=O)Cn2cnc3c(cnn3CCO)c2=O)cc1. The molecule has 0 saturated heterocycles. The highest BCUT2D eigenvalue weighted by Gasteiger charge is 2.33. The Balaban J connectivity index is 1.45. The fourth-order valence-corrected chi connectivity index (χ4v) is 4.73. The van der Waals surface area contributed by atoms with Crippen molar-refractivity contribution in [1.82, 2.24) is 24.3 Å². The maximum absolute atomic E-state index is 13.4. The van der Waals surface area contributed by atoms with Crippen LogP contribution in [0.5, 0.6) is 5.75 Å². The van der Waals surface area contributed by atoms with E-state index in [9.17, 15) is 9.59 Å². The number of carbonyl (C=O) groups excluding carboxylic acids is 1. The molecule has 34 heavy (non-hydrogen) atoms. The number of aliphatic hydroxyl groups excluding tert-OH is 1. The lowest BCUT2D eigenvalue weighted by atomic mass is 10.0. The van der Waals surface area contributed by atoms with Crippen molar-refractivity contribution < 1.29 is 14.6 Å². The van der Waals surface area contributed by atoms with Crippen LogP contribution in [0.1, 0.15) is 22.9 Å². The number of hydrogen-bond donors (Lipinski definition) is 1. The molecule has 4 heterocycles. The van der Waals surface area contributed by atoms with E-state index in [4.69, 9.17) is 9.84 Å². The molecule has 0 spiro atoms. The first-order valence-electron chi connectivity index (χ1n) is 10.7. The molecule has 174 valence electrons. The normalized spacial score (nSPS) is 15.6. The van der Waals surface area contributed by atoms with Crippen LogP contribution in [0, 0.1) is 0 Å². The van der Waals surface area contributed by atoms with E-state index < -0.39 is 0 Å². The number of nitrogens with zero attached hydrogens (tertiary/aromatic N) is 6. The third-order valence-electron chi connectivity index (χ3n) is 5.71. The second kappa shape index (κ2) is 9.20. The molecule has 1 unspecified atom stereocenters. The molecule has 0 aliphatic carbocycles. The van der Waals surface area contributed by atoms with Gasteiger partial charge in [-0.2, -0.15) is 10.2 Å². The van der Waals surface area contributed by atoms with Crippen LogP contribution >= 0.6 is 11.3 Å². The molecule has 4 aromatic rings. The first kappa shape index (κ1) is 22.0. The molecule has 3 aromatic heterocycles. The number of hydrazone groups is 1. The van der Waals surface area contributed by atoms with E-state index in [1.54, 1.807) is 18.4 Å². The third-order valence-corrected chi connectivity index (χ3v) is 6.63. The van der Waals surface area contributed by atoms with Crippen LogP contribution in [0.2, 0.25) is 0 Å². The molecule has 5 rings (SSSR count). The zero-order valence-corrected chi connectivity index (χ0v) is 19.2. The highest BCUT2D eigenvalue weighted by molar-refractivity contribution is 7.12. The maximum atomic E-state index is 13.4. The van der Waals surface area contributed by atoms with Gasteiger partial charge in [0.1, 0.15) is 24.0 Å². The van der Waals surface area contributed by atoms with Crippen LogP contribution < -0.4 is 10.3 Å². The van der Waals surface area contributed by atoms with E-state index in [-0.39, 0.29) is 37.2 Å². The van der Waals surface area contributed by atoms with Gasteiger partial charge in [-0.1, -0.05) is 18.2 Å². The Morgan fingerprint density at radius 2 is 2.09 bits per heavy atom. The molecule has 0 saturated carbocycles. The summed E-state index contributed by atoms with van der Waals surface area (Å²) in [6, 6.07) is 11.2. The number of rotatable bonds is 7. The first-order chi connectivity index (χ1) is 16.6. The number of benzene rings is 1. The summed E-state index contributed by atoms with van der Waals surface area (Å²) < 4.78 is 7.98. The van der Waals surface area contributed by atoms with Crippen LogP contribution in [0.15, 0.2) is 64.2 Å². The van der Waals surface area contributed by atoms with Crippen molar-refractivity contribution in [3.8, 4) is 5.75 Å². The number of ether oxygens (including phenoxy) is 1. The average molecular weight is 479 g/mol. The van der Waals surface area contributed by atoms with Gasteiger partial charge in [-0.15, -0.1) is 11.3 Å². The molecule has 1 aromatic carbocycles. The van der Waals surface area contributed by atoms with Gasteiger partial charge in [0.25, 0.3) is 11.5 Å². The highest BCUT2D eigenvalue weighted by Crippen LogP contribution is 2.34. The lowest BCUT2D eigenvalue weighted by Crippen LogP contribution is -2.34. The summed E-state index contributed by atoms with van der Waals surface area (Å²) in [5, 5.41) is 21.6. The first-order valence-corrected chi connectivity index (χ1v) is 11.6. The summed E-state index contributed by atoms with van der Waals surface area (Å²) in [7, 11) is 1.61. The minimum absolute atomic E-state index is 0.119. The Morgan fingerprint density at radius 1 is 1.26 bits per heavy atom. The van der Waals surface area contributed by atoms with Gasteiger partial charge in [-0.3, -0.25) is 14.2 Å². The summed E-state index contributed by atoms with van der Waals surface area (Å²) in [4.78, 5) is 31.6. The zero-order chi connectivity index (χ0) is 23.7. The van der Waals surface area contributed by atoms with Gasteiger partial charge in [-0.05, 0) is 29.1 Å². The number of aliphatic hydroxyl groups is 1. The van der Waals surface area contributed by atoms with Crippen molar-refractivity contribution in [3.63, 3.8) is 0 Å². The largest absolute Gasteiger partial charge is 0.497 e. The molecule has 0 bridgehead atoms. The second-order valence-electron chi connectivity index (χ2n) is 7.76. The average Bonchev–Trinajstić information content (AvgIpc) is 3.61. The Kier molecular flexibility index (Phi) is 5.95. The summed E-state index contributed by atoms with van der Waals surface area (Å²) in [6.07, 6.45) is 3.31. The molecular formula is C23H22N6O4S. The lowest BCUT2D eigenvalue weighted by molar-refractivity contribution is -0.133. The molecule has 1 N–H and O–H groups in total. The van der Waals surface area contributed by atoms with Gasteiger partial charge in [0, 0.05) is 6.42 Å². The third kappa shape index (κ3) is 3.99. The second-order valence-corrected chi connectivity index (χ2v) is 8.71. The number of amides is 1. The van der Waals surface area contributed by atoms with Gasteiger partial charge in [-0.25, -0.2) is 14.7 Å².